The predicted octanol–water partition coefficient (Wildman–Crippen LogP) is 4.64. The molecule has 0 aromatic rings. The van der Waals surface area contributed by atoms with Crippen LogP contribution in [-0.4, -0.2) is 54.3 Å². The van der Waals surface area contributed by atoms with Gasteiger partial charge in [0.05, 0.1) is 12.1 Å². The van der Waals surface area contributed by atoms with Gasteiger partial charge in [-0.15, -0.1) is 11.3 Å². The second-order valence-electron chi connectivity index (χ2n) is 10.1. The van der Waals surface area contributed by atoms with E-state index in [-0.39, 0.29) is 21.9 Å². The molecule has 0 aliphatic carbocycles. The van der Waals surface area contributed by atoms with Gasteiger partial charge in [-0.25, -0.2) is 0 Å². The summed E-state index contributed by atoms with van der Waals surface area (Å²) >= 11 is -1.14. The topological polar surface area (TPSA) is 47.6 Å². The molecular weight excluding hydrogens is 372 g/mol. The van der Waals surface area contributed by atoms with Gasteiger partial charge in [0.2, 0.25) is 0 Å². The highest BCUT2D eigenvalue weighted by molar-refractivity contribution is 7.90. The fourth-order valence-electron chi connectivity index (χ4n) is 2.83. The normalized spacial score (nSPS) is 20.7. The Hall–Kier alpha value is -0.113. The standard InChI is InChI=1S/C21H42N2O2SSi/c1-11-14-23-15-12-18(13-16-23)19(22-26(24)20(3,4)5)17(2)25-27(9,10)21(6,7)8/h11-12,17,19,22H,1,13-16H2,2-10H3. The van der Waals surface area contributed by atoms with E-state index < -0.39 is 19.7 Å². The molecule has 1 heterocycles. The van der Waals surface area contributed by atoms with Gasteiger partial charge >= 0.3 is 0 Å². The minimum absolute atomic E-state index is 0.0191. The molecule has 0 amide bonds. The summed E-state index contributed by atoms with van der Waals surface area (Å²) in [5.41, 5.74) is 1.32. The van der Waals surface area contributed by atoms with Gasteiger partial charge in [-0.3, -0.25) is 4.90 Å². The Kier molecular flexibility index (Phi) is 8.85. The molecule has 0 saturated heterocycles. The maximum Gasteiger partial charge on any atom is 0.192 e. The predicted molar refractivity (Wildman–Crippen MR) is 122 cm³/mol. The summed E-state index contributed by atoms with van der Waals surface area (Å²) in [6, 6.07) is -0.0231. The lowest BCUT2D eigenvalue weighted by atomic mass is 9.97. The molecule has 0 aromatic heterocycles. The molecule has 0 fully saturated rings. The first-order valence-electron chi connectivity index (χ1n) is 10.1. The number of nitrogens with one attached hydrogen (secondary N) is 1. The Morgan fingerprint density at radius 3 is 2.33 bits per heavy atom. The molecule has 1 aliphatic heterocycles. The van der Waals surface area contributed by atoms with Gasteiger partial charge in [-0.05, 0) is 57.8 Å². The van der Waals surface area contributed by atoms with Crippen molar-refractivity contribution in [2.75, 3.05) is 19.6 Å². The van der Waals surface area contributed by atoms with Crippen LogP contribution in [0.4, 0.5) is 0 Å². The smallest absolute Gasteiger partial charge is 0.192 e. The van der Waals surface area contributed by atoms with Crippen LogP contribution in [-0.2, 0) is 15.8 Å². The van der Waals surface area contributed by atoms with Crippen molar-refractivity contribution in [3.8, 4) is 0 Å². The van der Waals surface area contributed by atoms with Gasteiger partial charge in [0, 0.05) is 31.0 Å². The van der Waals surface area contributed by atoms with Gasteiger partial charge in [0.15, 0.2) is 8.32 Å². The van der Waals surface area contributed by atoms with Crippen LogP contribution in [0, 0.1) is 0 Å². The number of hydrogen-bond donors (Lipinski definition) is 1. The summed E-state index contributed by atoms with van der Waals surface area (Å²) in [4.78, 5) is 2.37. The molecule has 3 atom stereocenters. The van der Waals surface area contributed by atoms with E-state index in [4.69, 9.17) is 4.43 Å². The molecule has 1 N–H and O–H groups in total. The van der Waals surface area contributed by atoms with Gasteiger partial charge in [0.25, 0.3) is 0 Å². The molecule has 0 radical (unpaired) electrons. The summed E-state index contributed by atoms with van der Waals surface area (Å²) < 4.78 is 22.6. The minimum Gasteiger partial charge on any atom is -0.598 e. The highest BCUT2D eigenvalue weighted by Gasteiger charge is 2.42. The SMILES string of the molecule is C=CCN1CC=C(C(N[S+]([O-])C(C)(C)C)C(C)O[Si](C)(C)C(C)(C)C)CC1. The van der Waals surface area contributed by atoms with Crippen LogP contribution in [0.25, 0.3) is 0 Å². The number of nitrogens with zero attached hydrogens (tertiary/aromatic N) is 1. The molecule has 4 nitrogen and oxygen atoms in total. The quantitative estimate of drug-likeness (QED) is 0.357. The Morgan fingerprint density at radius 1 is 1.33 bits per heavy atom. The summed E-state index contributed by atoms with van der Waals surface area (Å²) in [6.45, 7) is 26.2. The number of hydrogen-bond acceptors (Lipinski definition) is 4. The first-order chi connectivity index (χ1) is 12.2. The largest absolute Gasteiger partial charge is 0.598 e. The van der Waals surface area contributed by atoms with Crippen LogP contribution in [0.3, 0.4) is 0 Å². The van der Waals surface area contributed by atoms with Crippen molar-refractivity contribution in [3.05, 3.63) is 24.3 Å². The fraction of sp³-hybridized carbons (Fsp3) is 0.810. The van der Waals surface area contributed by atoms with Crippen LogP contribution >= 0.6 is 0 Å². The molecule has 0 aromatic carbocycles. The van der Waals surface area contributed by atoms with E-state index in [0.29, 0.717) is 0 Å². The summed E-state index contributed by atoms with van der Waals surface area (Å²) in [6.07, 6.45) is 5.19. The van der Waals surface area contributed by atoms with Gasteiger partial charge < -0.3 is 8.98 Å². The third kappa shape index (κ3) is 7.33. The van der Waals surface area contributed by atoms with Gasteiger partial charge in [-0.1, -0.05) is 32.9 Å². The Bertz CT molecular complexity index is 523. The van der Waals surface area contributed by atoms with Gasteiger partial charge in [0.1, 0.15) is 4.75 Å². The van der Waals surface area contributed by atoms with E-state index in [1.165, 1.54) is 5.57 Å². The van der Waals surface area contributed by atoms with Gasteiger partial charge in [-0.2, -0.15) is 0 Å². The molecule has 0 spiro atoms. The van der Waals surface area contributed by atoms with Crippen molar-refractivity contribution >= 4 is 19.7 Å². The summed E-state index contributed by atoms with van der Waals surface area (Å²) in [5, 5.41) is 0.149. The zero-order chi connectivity index (χ0) is 21.0. The molecule has 1 aliphatic rings. The molecule has 27 heavy (non-hydrogen) atoms. The highest BCUT2D eigenvalue weighted by Crippen LogP contribution is 2.38. The van der Waals surface area contributed by atoms with E-state index in [9.17, 15) is 4.55 Å². The lowest BCUT2D eigenvalue weighted by Crippen LogP contribution is -2.54. The molecule has 3 unspecified atom stereocenters. The van der Waals surface area contributed by atoms with E-state index in [2.05, 4.69) is 63.1 Å². The van der Waals surface area contributed by atoms with Crippen molar-refractivity contribution in [3.63, 3.8) is 0 Å². The van der Waals surface area contributed by atoms with Crippen molar-refractivity contribution in [1.82, 2.24) is 9.62 Å². The van der Waals surface area contributed by atoms with E-state index in [1.807, 2.05) is 26.8 Å². The third-order valence-electron chi connectivity index (χ3n) is 5.66. The van der Waals surface area contributed by atoms with E-state index >= 15 is 0 Å². The lowest BCUT2D eigenvalue weighted by molar-refractivity contribution is 0.170. The Morgan fingerprint density at radius 2 is 1.93 bits per heavy atom. The highest BCUT2D eigenvalue weighted by atomic mass is 32.2. The minimum atomic E-state index is -1.91. The average Bonchev–Trinajstić information content (AvgIpc) is 2.51. The summed E-state index contributed by atoms with van der Waals surface area (Å²) in [5.74, 6) is 0. The van der Waals surface area contributed by atoms with Crippen molar-refractivity contribution in [1.29, 1.82) is 0 Å². The maximum atomic E-state index is 12.9. The molecular formula is C21H42N2O2SSi. The molecule has 1 rings (SSSR count). The summed E-state index contributed by atoms with van der Waals surface area (Å²) in [7, 11) is -1.91. The van der Waals surface area contributed by atoms with Crippen LogP contribution in [0.2, 0.25) is 18.1 Å². The van der Waals surface area contributed by atoms with E-state index in [1.54, 1.807) is 0 Å². The van der Waals surface area contributed by atoms with Crippen LogP contribution in [0.15, 0.2) is 24.3 Å². The lowest BCUT2D eigenvalue weighted by Gasteiger charge is -2.42. The second kappa shape index (κ2) is 9.59. The first kappa shape index (κ1) is 24.9. The van der Waals surface area contributed by atoms with Crippen molar-refractivity contribution < 1.29 is 8.98 Å². The zero-order valence-electron chi connectivity index (χ0n) is 19.0. The molecule has 0 saturated carbocycles. The Balaban J connectivity index is 3.03. The molecule has 6 heteroatoms. The maximum absolute atomic E-state index is 12.9. The fourth-order valence-corrected chi connectivity index (χ4v) is 5.18. The average molecular weight is 415 g/mol. The monoisotopic (exact) mass is 414 g/mol. The van der Waals surface area contributed by atoms with E-state index in [0.717, 1.165) is 26.1 Å². The van der Waals surface area contributed by atoms with Crippen LogP contribution in [0.5, 0.6) is 0 Å². The van der Waals surface area contributed by atoms with Crippen LogP contribution in [0.1, 0.15) is 54.9 Å². The van der Waals surface area contributed by atoms with Crippen molar-refractivity contribution in [2.45, 2.75) is 89.9 Å². The van der Waals surface area contributed by atoms with Crippen molar-refractivity contribution in [2.24, 2.45) is 0 Å². The third-order valence-corrected chi connectivity index (χ3v) is 11.8. The zero-order valence-corrected chi connectivity index (χ0v) is 20.8. The number of rotatable bonds is 8. The van der Waals surface area contributed by atoms with Crippen LogP contribution < -0.4 is 4.72 Å². The Labute approximate surface area is 172 Å². The second-order valence-corrected chi connectivity index (χ2v) is 16.9. The molecule has 158 valence electrons. The first-order valence-corrected chi connectivity index (χ1v) is 14.1. The molecule has 0 bridgehead atoms.